The molecule has 7 heteroatoms. The first-order valence-electron chi connectivity index (χ1n) is 10.0. The number of hydrogen-bond donors (Lipinski definition) is 0. The number of fused-ring (bicyclic) bond motifs is 3. The first kappa shape index (κ1) is 18.6. The molecule has 1 fully saturated rings. The first-order chi connectivity index (χ1) is 13.8. The predicted molar refractivity (Wildman–Crippen MR) is 111 cm³/mol. The molecule has 0 unspecified atom stereocenters. The zero-order valence-electron chi connectivity index (χ0n) is 16.3. The minimum Gasteiger partial charge on any atom is -0.307 e. The fraction of sp³-hybridized carbons (Fsp3) is 0.409. The number of amides is 1. The van der Waals surface area contributed by atoms with Crippen molar-refractivity contribution in [1.29, 1.82) is 0 Å². The van der Waals surface area contributed by atoms with Gasteiger partial charge in [-0.1, -0.05) is 18.9 Å². The van der Waals surface area contributed by atoms with Crippen molar-refractivity contribution in [3.05, 3.63) is 58.9 Å². The molecule has 1 saturated carbocycles. The van der Waals surface area contributed by atoms with Crippen LogP contribution in [-0.2, 0) is 21.9 Å². The highest BCUT2D eigenvalue weighted by Crippen LogP contribution is 2.51. The molecule has 5 nitrogen and oxygen atoms in total. The molecule has 1 aliphatic carbocycles. The van der Waals surface area contributed by atoms with Gasteiger partial charge in [0.15, 0.2) is 0 Å². The zero-order chi connectivity index (χ0) is 20.4. The number of benzene rings is 2. The van der Waals surface area contributed by atoms with Crippen LogP contribution in [0, 0.1) is 5.82 Å². The molecule has 2 heterocycles. The van der Waals surface area contributed by atoms with Crippen LogP contribution in [0.2, 0.25) is 0 Å². The second kappa shape index (κ2) is 6.29. The van der Waals surface area contributed by atoms with Gasteiger partial charge in [-0.15, -0.1) is 0 Å². The standard InChI is InChI=1S/C22H23FN2O3S/c1-29(27,28)25-12-9-15-13-16(7-8-18(15)25)21(26)24-14-22(10-2-3-11-22)20-17(23)5-4-6-19(20)24/h4-8,13H,2-3,9-12,14H2,1H3. The lowest BCUT2D eigenvalue weighted by Crippen LogP contribution is -2.35. The van der Waals surface area contributed by atoms with Gasteiger partial charge >= 0.3 is 0 Å². The molecule has 3 aliphatic rings. The van der Waals surface area contributed by atoms with E-state index in [9.17, 15) is 17.6 Å². The maximum atomic E-state index is 14.8. The average Bonchev–Trinajstić information content (AvgIpc) is 3.39. The molecule has 0 aromatic heterocycles. The van der Waals surface area contributed by atoms with E-state index >= 15 is 0 Å². The molecular weight excluding hydrogens is 391 g/mol. The molecule has 1 spiro atoms. The molecule has 0 N–H and O–H groups in total. The molecule has 0 radical (unpaired) electrons. The topological polar surface area (TPSA) is 57.7 Å². The van der Waals surface area contributed by atoms with Crippen LogP contribution in [-0.4, -0.2) is 33.7 Å². The summed E-state index contributed by atoms with van der Waals surface area (Å²) in [5, 5.41) is 0. The van der Waals surface area contributed by atoms with Crippen molar-refractivity contribution in [2.24, 2.45) is 0 Å². The van der Waals surface area contributed by atoms with Crippen molar-refractivity contribution in [2.75, 3.05) is 28.6 Å². The van der Waals surface area contributed by atoms with E-state index in [1.54, 1.807) is 29.2 Å². The summed E-state index contributed by atoms with van der Waals surface area (Å²) < 4.78 is 40.0. The Kier molecular flexibility index (Phi) is 4.04. The summed E-state index contributed by atoms with van der Waals surface area (Å²) >= 11 is 0. The summed E-state index contributed by atoms with van der Waals surface area (Å²) in [5.41, 5.74) is 3.11. The summed E-state index contributed by atoms with van der Waals surface area (Å²) in [5.74, 6) is -0.376. The van der Waals surface area contributed by atoms with Crippen molar-refractivity contribution < 1.29 is 17.6 Å². The Hall–Kier alpha value is -2.41. The number of hydrogen-bond acceptors (Lipinski definition) is 3. The van der Waals surface area contributed by atoms with Crippen LogP contribution in [0.4, 0.5) is 15.8 Å². The van der Waals surface area contributed by atoms with Gasteiger partial charge in [0.25, 0.3) is 5.91 Å². The van der Waals surface area contributed by atoms with E-state index in [2.05, 4.69) is 0 Å². The van der Waals surface area contributed by atoms with Gasteiger partial charge in [-0.05, 0) is 55.2 Å². The quantitative estimate of drug-likeness (QED) is 0.754. The lowest BCUT2D eigenvalue weighted by atomic mass is 9.80. The lowest BCUT2D eigenvalue weighted by molar-refractivity contribution is 0.0985. The highest BCUT2D eigenvalue weighted by molar-refractivity contribution is 7.92. The Labute approximate surface area is 170 Å². The Morgan fingerprint density at radius 3 is 2.59 bits per heavy atom. The van der Waals surface area contributed by atoms with Gasteiger partial charge in [-0.25, -0.2) is 12.8 Å². The van der Waals surface area contributed by atoms with Gasteiger partial charge in [-0.2, -0.15) is 0 Å². The van der Waals surface area contributed by atoms with Gasteiger partial charge in [-0.3, -0.25) is 9.10 Å². The van der Waals surface area contributed by atoms with E-state index in [0.29, 0.717) is 42.0 Å². The van der Waals surface area contributed by atoms with Gasteiger partial charge < -0.3 is 4.90 Å². The van der Waals surface area contributed by atoms with Crippen LogP contribution >= 0.6 is 0 Å². The van der Waals surface area contributed by atoms with Crippen molar-refractivity contribution >= 4 is 27.3 Å². The van der Waals surface area contributed by atoms with Gasteiger partial charge in [0.05, 0.1) is 17.6 Å². The summed E-state index contributed by atoms with van der Waals surface area (Å²) in [4.78, 5) is 15.1. The molecule has 2 aliphatic heterocycles. The minimum atomic E-state index is -3.33. The first-order valence-corrected chi connectivity index (χ1v) is 11.9. The number of carbonyl (C=O) groups is 1. The highest BCUT2D eigenvalue weighted by Gasteiger charge is 2.48. The second-order valence-corrected chi connectivity index (χ2v) is 10.3. The van der Waals surface area contributed by atoms with E-state index in [-0.39, 0.29) is 17.1 Å². The molecular formula is C22H23FN2O3S. The van der Waals surface area contributed by atoms with E-state index in [1.165, 1.54) is 16.6 Å². The van der Waals surface area contributed by atoms with Gasteiger partial charge in [0.2, 0.25) is 10.0 Å². The number of halogens is 1. The van der Waals surface area contributed by atoms with Crippen molar-refractivity contribution in [2.45, 2.75) is 37.5 Å². The molecule has 0 saturated heterocycles. The minimum absolute atomic E-state index is 0.152. The molecule has 152 valence electrons. The van der Waals surface area contributed by atoms with E-state index in [0.717, 1.165) is 31.2 Å². The predicted octanol–water partition coefficient (Wildman–Crippen LogP) is 3.62. The number of carbonyl (C=O) groups excluding carboxylic acids is 1. The highest BCUT2D eigenvalue weighted by atomic mass is 32.2. The third-order valence-electron chi connectivity index (χ3n) is 6.66. The third kappa shape index (κ3) is 2.78. The van der Waals surface area contributed by atoms with Crippen molar-refractivity contribution in [3.8, 4) is 0 Å². The van der Waals surface area contributed by atoms with Crippen molar-refractivity contribution in [1.82, 2.24) is 0 Å². The summed E-state index contributed by atoms with van der Waals surface area (Å²) in [7, 11) is -3.33. The van der Waals surface area contributed by atoms with Crippen LogP contribution in [0.3, 0.4) is 0 Å². The zero-order valence-corrected chi connectivity index (χ0v) is 17.1. The Morgan fingerprint density at radius 1 is 1.10 bits per heavy atom. The number of nitrogens with zero attached hydrogens (tertiary/aromatic N) is 2. The molecule has 2 aromatic carbocycles. The van der Waals surface area contributed by atoms with Crippen LogP contribution in [0.25, 0.3) is 0 Å². The SMILES string of the molecule is CS(=O)(=O)N1CCc2cc(C(=O)N3CC4(CCCC4)c4c(F)cccc43)ccc21. The Morgan fingerprint density at radius 2 is 1.86 bits per heavy atom. The average molecular weight is 415 g/mol. The lowest BCUT2D eigenvalue weighted by Gasteiger charge is -2.25. The van der Waals surface area contributed by atoms with Gasteiger partial charge in [0.1, 0.15) is 5.82 Å². The van der Waals surface area contributed by atoms with Crippen LogP contribution < -0.4 is 9.21 Å². The van der Waals surface area contributed by atoms with Crippen LogP contribution in [0.1, 0.15) is 47.2 Å². The van der Waals surface area contributed by atoms with E-state index < -0.39 is 10.0 Å². The maximum Gasteiger partial charge on any atom is 0.258 e. The summed E-state index contributed by atoms with van der Waals surface area (Å²) in [6.07, 6.45) is 5.68. The monoisotopic (exact) mass is 414 g/mol. The molecule has 0 bridgehead atoms. The van der Waals surface area contributed by atoms with Gasteiger partial charge in [0, 0.05) is 29.6 Å². The Bertz CT molecular complexity index is 1120. The maximum absolute atomic E-state index is 14.8. The molecule has 0 atom stereocenters. The summed E-state index contributed by atoms with van der Waals surface area (Å²) in [6.45, 7) is 0.904. The smallest absolute Gasteiger partial charge is 0.258 e. The third-order valence-corrected chi connectivity index (χ3v) is 7.84. The fourth-order valence-corrected chi connectivity index (χ4v) is 6.33. The van der Waals surface area contributed by atoms with E-state index in [1.807, 2.05) is 6.07 Å². The Balaban J connectivity index is 1.52. The van der Waals surface area contributed by atoms with Crippen LogP contribution in [0.15, 0.2) is 36.4 Å². The molecule has 2 aromatic rings. The van der Waals surface area contributed by atoms with Crippen molar-refractivity contribution in [3.63, 3.8) is 0 Å². The fourth-order valence-electron chi connectivity index (χ4n) is 5.38. The molecule has 5 rings (SSSR count). The number of rotatable bonds is 2. The molecule has 29 heavy (non-hydrogen) atoms. The summed E-state index contributed by atoms with van der Waals surface area (Å²) in [6, 6.07) is 10.2. The number of anilines is 2. The van der Waals surface area contributed by atoms with E-state index in [4.69, 9.17) is 0 Å². The number of sulfonamides is 1. The largest absolute Gasteiger partial charge is 0.307 e. The van der Waals surface area contributed by atoms with Crippen LogP contribution in [0.5, 0.6) is 0 Å². The molecule has 1 amide bonds. The normalized spacial score (nSPS) is 19.7. The second-order valence-electron chi connectivity index (χ2n) is 8.44.